The molecule has 2 aromatic carbocycles. The van der Waals surface area contributed by atoms with Crippen molar-refractivity contribution in [1.29, 1.82) is 0 Å². The lowest BCUT2D eigenvalue weighted by Crippen LogP contribution is -2.32. The van der Waals surface area contributed by atoms with Crippen LogP contribution < -0.4 is 11.1 Å². The first-order chi connectivity index (χ1) is 11.4. The molecule has 126 valence electrons. The molecule has 0 saturated carbocycles. The van der Waals surface area contributed by atoms with Crippen molar-refractivity contribution in [3.63, 3.8) is 0 Å². The first kappa shape index (κ1) is 17.7. The van der Waals surface area contributed by atoms with Crippen LogP contribution in [0, 0.1) is 5.82 Å². The summed E-state index contributed by atoms with van der Waals surface area (Å²) in [7, 11) is 1.64. The first-order valence-corrected chi connectivity index (χ1v) is 7.56. The van der Waals surface area contributed by atoms with Crippen molar-refractivity contribution in [1.82, 2.24) is 4.90 Å². The zero-order chi connectivity index (χ0) is 17.7. The second-order valence-electron chi connectivity index (χ2n) is 5.28. The molecular weight excluding hydrogens is 333 g/mol. The van der Waals surface area contributed by atoms with E-state index in [-0.39, 0.29) is 23.8 Å². The average molecular weight is 350 g/mol. The van der Waals surface area contributed by atoms with Crippen molar-refractivity contribution in [2.24, 2.45) is 5.73 Å². The first-order valence-electron chi connectivity index (χ1n) is 7.18. The van der Waals surface area contributed by atoms with E-state index >= 15 is 0 Å². The van der Waals surface area contributed by atoms with E-state index in [1.807, 2.05) is 0 Å². The Morgan fingerprint density at radius 3 is 2.50 bits per heavy atom. The van der Waals surface area contributed by atoms with Crippen LogP contribution >= 0.6 is 11.6 Å². The Balaban J connectivity index is 1.98. The van der Waals surface area contributed by atoms with E-state index in [1.54, 1.807) is 25.2 Å². The van der Waals surface area contributed by atoms with E-state index in [0.29, 0.717) is 17.3 Å². The molecule has 0 unspecified atom stereocenters. The standard InChI is InChI=1S/C17H17ClFN3O2/c1-22(10-11-2-5-13(19)6-3-11)16(23)9-21-15-8-12(18)4-7-14(15)17(20)24/h2-8,21H,9-10H2,1H3,(H2,20,24). The van der Waals surface area contributed by atoms with Gasteiger partial charge in [-0.15, -0.1) is 0 Å². The van der Waals surface area contributed by atoms with Crippen LogP contribution in [0.25, 0.3) is 0 Å². The fourth-order valence-electron chi connectivity index (χ4n) is 2.14. The number of rotatable bonds is 6. The summed E-state index contributed by atoms with van der Waals surface area (Å²) in [6.07, 6.45) is 0. The van der Waals surface area contributed by atoms with Crippen LogP contribution in [0.5, 0.6) is 0 Å². The van der Waals surface area contributed by atoms with Crippen LogP contribution in [0.3, 0.4) is 0 Å². The van der Waals surface area contributed by atoms with Crippen molar-refractivity contribution in [2.75, 3.05) is 18.9 Å². The van der Waals surface area contributed by atoms with Gasteiger partial charge in [0.2, 0.25) is 5.91 Å². The van der Waals surface area contributed by atoms with Gasteiger partial charge in [0.15, 0.2) is 0 Å². The lowest BCUT2D eigenvalue weighted by molar-refractivity contribution is -0.128. The molecule has 0 aliphatic heterocycles. The van der Waals surface area contributed by atoms with Crippen LogP contribution in [-0.4, -0.2) is 30.3 Å². The predicted molar refractivity (Wildman–Crippen MR) is 91.3 cm³/mol. The molecule has 0 saturated heterocycles. The van der Waals surface area contributed by atoms with Crippen molar-refractivity contribution in [3.05, 3.63) is 64.4 Å². The summed E-state index contributed by atoms with van der Waals surface area (Å²) in [5.41, 5.74) is 6.77. The minimum absolute atomic E-state index is 0.0294. The number of halogens is 2. The van der Waals surface area contributed by atoms with E-state index < -0.39 is 5.91 Å². The molecule has 0 aliphatic carbocycles. The number of benzene rings is 2. The van der Waals surface area contributed by atoms with E-state index in [1.165, 1.54) is 29.2 Å². The summed E-state index contributed by atoms with van der Waals surface area (Å²) in [4.78, 5) is 25.1. The lowest BCUT2D eigenvalue weighted by atomic mass is 10.1. The van der Waals surface area contributed by atoms with Crippen LogP contribution in [0.1, 0.15) is 15.9 Å². The number of anilines is 1. The number of hydrogen-bond acceptors (Lipinski definition) is 3. The number of nitrogens with two attached hydrogens (primary N) is 1. The number of nitrogens with one attached hydrogen (secondary N) is 1. The van der Waals surface area contributed by atoms with Gasteiger partial charge in [-0.2, -0.15) is 0 Å². The predicted octanol–water partition coefficient (Wildman–Crippen LogP) is 2.65. The second-order valence-corrected chi connectivity index (χ2v) is 5.72. The SMILES string of the molecule is CN(Cc1ccc(F)cc1)C(=O)CNc1cc(Cl)ccc1C(N)=O. The fraction of sp³-hybridized carbons (Fsp3) is 0.176. The van der Waals surface area contributed by atoms with Gasteiger partial charge in [0.25, 0.3) is 5.91 Å². The third kappa shape index (κ3) is 4.70. The van der Waals surface area contributed by atoms with Crippen molar-refractivity contribution in [3.8, 4) is 0 Å². The molecule has 0 atom stereocenters. The Labute approximate surface area is 144 Å². The molecule has 2 amide bonds. The molecule has 0 bridgehead atoms. The summed E-state index contributed by atoms with van der Waals surface area (Å²) in [6.45, 7) is 0.317. The monoisotopic (exact) mass is 349 g/mol. The largest absolute Gasteiger partial charge is 0.375 e. The molecule has 0 heterocycles. The van der Waals surface area contributed by atoms with Crippen LogP contribution in [0.2, 0.25) is 5.02 Å². The molecule has 7 heteroatoms. The molecule has 5 nitrogen and oxygen atoms in total. The lowest BCUT2D eigenvalue weighted by Gasteiger charge is -2.18. The Morgan fingerprint density at radius 1 is 1.21 bits per heavy atom. The van der Waals surface area contributed by atoms with E-state index in [2.05, 4.69) is 5.32 Å². The van der Waals surface area contributed by atoms with Crippen molar-refractivity contribution >= 4 is 29.1 Å². The maximum Gasteiger partial charge on any atom is 0.250 e. The van der Waals surface area contributed by atoms with Crippen LogP contribution in [-0.2, 0) is 11.3 Å². The maximum absolute atomic E-state index is 12.9. The van der Waals surface area contributed by atoms with Gasteiger partial charge in [-0.1, -0.05) is 23.7 Å². The molecule has 2 rings (SSSR count). The zero-order valence-corrected chi connectivity index (χ0v) is 13.8. The number of likely N-dealkylation sites (N-methyl/N-ethyl adjacent to an activating group) is 1. The topological polar surface area (TPSA) is 75.4 Å². The fourth-order valence-corrected chi connectivity index (χ4v) is 2.31. The van der Waals surface area contributed by atoms with Crippen LogP contribution in [0.15, 0.2) is 42.5 Å². The molecule has 0 spiro atoms. The number of carbonyl (C=O) groups is 2. The second kappa shape index (κ2) is 7.79. The molecule has 24 heavy (non-hydrogen) atoms. The Kier molecular flexibility index (Phi) is 5.76. The summed E-state index contributed by atoms with van der Waals surface area (Å²) in [6, 6.07) is 10.5. The zero-order valence-electron chi connectivity index (χ0n) is 13.1. The smallest absolute Gasteiger partial charge is 0.250 e. The van der Waals surface area contributed by atoms with Crippen LogP contribution in [0.4, 0.5) is 10.1 Å². The molecular formula is C17H17ClFN3O2. The third-order valence-electron chi connectivity index (χ3n) is 3.44. The third-order valence-corrected chi connectivity index (χ3v) is 3.67. The van der Waals surface area contributed by atoms with Crippen molar-refractivity contribution < 1.29 is 14.0 Å². The highest BCUT2D eigenvalue weighted by Gasteiger charge is 2.13. The average Bonchev–Trinajstić information content (AvgIpc) is 2.54. The summed E-state index contributed by atoms with van der Waals surface area (Å²) in [5, 5.41) is 3.30. The van der Waals surface area contributed by atoms with Gasteiger partial charge in [-0.25, -0.2) is 4.39 Å². The van der Waals surface area contributed by atoms with Gasteiger partial charge in [0.05, 0.1) is 12.1 Å². The summed E-state index contributed by atoms with van der Waals surface area (Å²) in [5.74, 6) is -1.13. The summed E-state index contributed by atoms with van der Waals surface area (Å²) < 4.78 is 12.9. The van der Waals surface area contributed by atoms with Gasteiger partial charge < -0.3 is 16.0 Å². The number of primary amides is 1. The number of hydrogen-bond donors (Lipinski definition) is 2. The van der Waals surface area contributed by atoms with E-state index in [4.69, 9.17) is 17.3 Å². The molecule has 0 radical (unpaired) electrons. The van der Waals surface area contributed by atoms with Gasteiger partial charge in [-0.05, 0) is 35.9 Å². The molecule has 3 N–H and O–H groups in total. The Morgan fingerprint density at radius 2 is 1.88 bits per heavy atom. The Bertz CT molecular complexity index is 750. The number of amides is 2. The quantitative estimate of drug-likeness (QED) is 0.841. The van der Waals surface area contributed by atoms with Gasteiger partial charge in [-0.3, -0.25) is 9.59 Å². The molecule has 0 aromatic heterocycles. The molecule has 0 fully saturated rings. The van der Waals surface area contributed by atoms with Gasteiger partial charge in [0, 0.05) is 24.3 Å². The number of carbonyl (C=O) groups excluding carboxylic acids is 2. The number of nitrogens with zero attached hydrogens (tertiary/aromatic N) is 1. The van der Waals surface area contributed by atoms with Crippen molar-refractivity contribution in [2.45, 2.75) is 6.54 Å². The molecule has 2 aromatic rings. The van der Waals surface area contributed by atoms with E-state index in [0.717, 1.165) is 5.56 Å². The maximum atomic E-state index is 12.9. The minimum Gasteiger partial charge on any atom is -0.375 e. The van der Waals surface area contributed by atoms with E-state index in [9.17, 15) is 14.0 Å². The minimum atomic E-state index is -0.610. The highest BCUT2D eigenvalue weighted by atomic mass is 35.5. The Hall–Kier alpha value is -2.60. The van der Waals surface area contributed by atoms with Gasteiger partial charge >= 0.3 is 0 Å². The highest BCUT2D eigenvalue weighted by Crippen LogP contribution is 2.20. The molecule has 0 aliphatic rings. The normalized spacial score (nSPS) is 10.3. The highest BCUT2D eigenvalue weighted by molar-refractivity contribution is 6.31. The summed E-state index contributed by atoms with van der Waals surface area (Å²) >= 11 is 5.90. The van der Waals surface area contributed by atoms with Gasteiger partial charge in [0.1, 0.15) is 5.82 Å².